The quantitative estimate of drug-likeness (QED) is 0.639. The van der Waals surface area contributed by atoms with Crippen LogP contribution in [0.25, 0.3) is 0 Å². The van der Waals surface area contributed by atoms with Crippen molar-refractivity contribution in [3.8, 4) is 11.5 Å². The van der Waals surface area contributed by atoms with E-state index < -0.39 is 0 Å². The van der Waals surface area contributed by atoms with Gasteiger partial charge in [-0.15, -0.1) is 0 Å². The van der Waals surface area contributed by atoms with Crippen molar-refractivity contribution in [2.24, 2.45) is 0 Å². The highest BCUT2D eigenvalue weighted by Gasteiger charge is 2.22. The van der Waals surface area contributed by atoms with Crippen molar-refractivity contribution in [2.75, 3.05) is 0 Å². The average molecular weight is 200 g/mol. The SMILES string of the molecule is Cc1ccc2c(c1)OC1=CCCC=C1O2. The van der Waals surface area contributed by atoms with Crippen LogP contribution in [-0.2, 0) is 0 Å². The summed E-state index contributed by atoms with van der Waals surface area (Å²) in [5.41, 5.74) is 1.18. The Morgan fingerprint density at radius 2 is 1.60 bits per heavy atom. The lowest BCUT2D eigenvalue weighted by atomic mass is 10.1. The molecule has 1 aliphatic heterocycles. The fourth-order valence-corrected chi connectivity index (χ4v) is 1.83. The minimum atomic E-state index is 0.811. The van der Waals surface area contributed by atoms with Gasteiger partial charge in [-0.2, -0.15) is 0 Å². The summed E-state index contributed by atoms with van der Waals surface area (Å²) in [6.07, 6.45) is 6.23. The molecule has 0 fully saturated rings. The Hall–Kier alpha value is -1.70. The van der Waals surface area contributed by atoms with Crippen LogP contribution in [0.5, 0.6) is 11.5 Å². The van der Waals surface area contributed by atoms with Gasteiger partial charge in [0.1, 0.15) is 0 Å². The molecule has 0 unspecified atom stereocenters. The number of hydrogen-bond acceptors (Lipinski definition) is 2. The number of benzene rings is 1. The third-order valence-electron chi connectivity index (χ3n) is 2.61. The average Bonchev–Trinajstić information content (AvgIpc) is 2.26. The maximum absolute atomic E-state index is 5.78. The Labute approximate surface area is 88.8 Å². The zero-order valence-electron chi connectivity index (χ0n) is 8.62. The molecule has 1 heterocycles. The highest BCUT2D eigenvalue weighted by atomic mass is 16.6. The van der Waals surface area contributed by atoms with Crippen LogP contribution >= 0.6 is 0 Å². The zero-order valence-corrected chi connectivity index (χ0v) is 8.62. The van der Waals surface area contributed by atoms with Gasteiger partial charge in [0.05, 0.1) is 0 Å². The van der Waals surface area contributed by atoms with Gasteiger partial charge in [-0.3, -0.25) is 0 Å². The molecule has 0 saturated carbocycles. The smallest absolute Gasteiger partial charge is 0.170 e. The van der Waals surface area contributed by atoms with E-state index in [-0.39, 0.29) is 0 Å². The highest BCUT2D eigenvalue weighted by molar-refractivity contribution is 5.49. The molecule has 1 aliphatic carbocycles. The van der Waals surface area contributed by atoms with E-state index in [1.54, 1.807) is 0 Å². The summed E-state index contributed by atoms with van der Waals surface area (Å²) >= 11 is 0. The van der Waals surface area contributed by atoms with Crippen molar-refractivity contribution in [1.29, 1.82) is 0 Å². The number of ether oxygens (including phenoxy) is 2. The van der Waals surface area contributed by atoms with E-state index in [2.05, 4.69) is 12.2 Å². The number of fused-ring (bicyclic) bond motifs is 2. The maximum atomic E-state index is 5.78. The Morgan fingerprint density at radius 3 is 2.33 bits per heavy atom. The molecule has 1 aromatic carbocycles. The molecule has 3 rings (SSSR count). The van der Waals surface area contributed by atoms with Crippen molar-refractivity contribution in [2.45, 2.75) is 19.8 Å². The van der Waals surface area contributed by atoms with Gasteiger partial charge in [0.25, 0.3) is 0 Å². The van der Waals surface area contributed by atoms with Crippen LogP contribution in [-0.4, -0.2) is 0 Å². The van der Waals surface area contributed by atoms with Crippen LogP contribution in [0.1, 0.15) is 18.4 Å². The monoisotopic (exact) mass is 200 g/mol. The van der Waals surface area contributed by atoms with Crippen LogP contribution in [0.3, 0.4) is 0 Å². The molecular formula is C13H12O2. The molecule has 15 heavy (non-hydrogen) atoms. The predicted molar refractivity (Wildman–Crippen MR) is 57.8 cm³/mol. The van der Waals surface area contributed by atoms with E-state index in [1.807, 2.05) is 25.1 Å². The van der Waals surface area contributed by atoms with E-state index in [0.717, 1.165) is 35.9 Å². The van der Waals surface area contributed by atoms with Crippen LogP contribution in [0.4, 0.5) is 0 Å². The predicted octanol–water partition coefficient (Wildman–Crippen LogP) is 3.33. The van der Waals surface area contributed by atoms with Gasteiger partial charge < -0.3 is 9.47 Å². The van der Waals surface area contributed by atoms with Crippen molar-refractivity contribution in [3.63, 3.8) is 0 Å². The summed E-state index contributed by atoms with van der Waals surface area (Å²) in [7, 11) is 0. The third kappa shape index (κ3) is 1.42. The van der Waals surface area contributed by atoms with Crippen molar-refractivity contribution in [3.05, 3.63) is 47.4 Å². The molecule has 0 bridgehead atoms. The lowest BCUT2D eigenvalue weighted by Gasteiger charge is -2.24. The Bertz CT molecular complexity index is 469. The molecule has 0 amide bonds. The van der Waals surface area contributed by atoms with E-state index in [4.69, 9.17) is 9.47 Å². The minimum absolute atomic E-state index is 0.811. The zero-order chi connectivity index (χ0) is 10.3. The molecule has 0 aromatic heterocycles. The standard InChI is InChI=1S/C13H12O2/c1-9-6-7-12-13(8-9)15-11-5-3-2-4-10(11)14-12/h4-8H,2-3H2,1H3. The molecule has 0 radical (unpaired) electrons. The first-order valence-electron chi connectivity index (χ1n) is 5.20. The minimum Gasteiger partial charge on any atom is -0.450 e. The van der Waals surface area contributed by atoms with E-state index in [1.165, 1.54) is 5.56 Å². The van der Waals surface area contributed by atoms with Crippen LogP contribution in [0.2, 0.25) is 0 Å². The Kier molecular flexibility index (Phi) is 1.81. The summed E-state index contributed by atoms with van der Waals surface area (Å²) in [4.78, 5) is 0. The van der Waals surface area contributed by atoms with Gasteiger partial charge in [0, 0.05) is 0 Å². The van der Waals surface area contributed by atoms with Crippen molar-refractivity contribution < 1.29 is 9.47 Å². The fourth-order valence-electron chi connectivity index (χ4n) is 1.83. The lowest BCUT2D eigenvalue weighted by Crippen LogP contribution is -2.13. The first-order chi connectivity index (χ1) is 7.33. The van der Waals surface area contributed by atoms with Crippen molar-refractivity contribution >= 4 is 0 Å². The largest absolute Gasteiger partial charge is 0.450 e. The van der Waals surface area contributed by atoms with Gasteiger partial charge in [0.15, 0.2) is 23.0 Å². The highest BCUT2D eigenvalue weighted by Crippen LogP contribution is 2.38. The molecule has 2 aliphatic rings. The van der Waals surface area contributed by atoms with Gasteiger partial charge >= 0.3 is 0 Å². The maximum Gasteiger partial charge on any atom is 0.170 e. The summed E-state index contributed by atoms with van der Waals surface area (Å²) < 4.78 is 11.5. The molecule has 2 heteroatoms. The van der Waals surface area contributed by atoms with E-state index >= 15 is 0 Å². The molecule has 0 saturated heterocycles. The first kappa shape index (κ1) is 8.60. The van der Waals surface area contributed by atoms with Crippen molar-refractivity contribution in [1.82, 2.24) is 0 Å². The molecular weight excluding hydrogens is 188 g/mol. The molecule has 0 N–H and O–H groups in total. The molecule has 0 spiro atoms. The van der Waals surface area contributed by atoms with Crippen LogP contribution in [0, 0.1) is 6.92 Å². The number of allylic oxidation sites excluding steroid dienone is 2. The summed E-state index contributed by atoms with van der Waals surface area (Å²) in [5, 5.41) is 0. The third-order valence-corrected chi connectivity index (χ3v) is 2.61. The fraction of sp³-hybridized carbons (Fsp3) is 0.231. The topological polar surface area (TPSA) is 18.5 Å². The van der Waals surface area contributed by atoms with Gasteiger partial charge in [0.2, 0.25) is 0 Å². The summed E-state index contributed by atoms with van der Waals surface area (Å²) in [6.45, 7) is 2.05. The number of hydrogen-bond donors (Lipinski definition) is 0. The summed E-state index contributed by atoms with van der Waals surface area (Å²) in [5.74, 6) is 3.35. The summed E-state index contributed by atoms with van der Waals surface area (Å²) in [6, 6.07) is 5.98. The van der Waals surface area contributed by atoms with E-state index in [0.29, 0.717) is 0 Å². The number of aryl methyl sites for hydroxylation is 1. The van der Waals surface area contributed by atoms with E-state index in [9.17, 15) is 0 Å². The Balaban J connectivity index is 2.07. The molecule has 0 atom stereocenters. The van der Waals surface area contributed by atoms with Gasteiger partial charge in [-0.1, -0.05) is 6.07 Å². The second-order valence-electron chi connectivity index (χ2n) is 3.87. The lowest BCUT2D eigenvalue weighted by molar-refractivity contribution is 0.288. The molecule has 76 valence electrons. The molecule has 2 nitrogen and oxygen atoms in total. The second-order valence-corrected chi connectivity index (χ2v) is 3.87. The van der Waals surface area contributed by atoms with Gasteiger partial charge in [-0.25, -0.2) is 0 Å². The van der Waals surface area contributed by atoms with Crippen LogP contribution < -0.4 is 9.47 Å². The number of rotatable bonds is 0. The van der Waals surface area contributed by atoms with Crippen LogP contribution in [0.15, 0.2) is 41.9 Å². The Morgan fingerprint density at radius 1 is 0.933 bits per heavy atom. The second kappa shape index (κ2) is 3.16. The normalized spacial score (nSPS) is 17.7. The molecule has 1 aromatic rings. The van der Waals surface area contributed by atoms with Gasteiger partial charge in [-0.05, 0) is 49.6 Å². The first-order valence-corrected chi connectivity index (χ1v) is 5.20.